The van der Waals surface area contributed by atoms with Crippen LogP contribution in [0, 0.1) is 0 Å². The molecule has 1 saturated heterocycles. The molecule has 2 atom stereocenters. The average Bonchev–Trinajstić information content (AvgIpc) is 3.42. The van der Waals surface area contributed by atoms with Gasteiger partial charge in [0.2, 0.25) is 5.95 Å². The van der Waals surface area contributed by atoms with E-state index in [-0.39, 0.29) is 47.9 Å². The number of anilines is 1. The number of nitrogens with zero attached hydrogens (tertiary/aromatic N) is 5. The van der Waals surface area contributed by atoms with Crippen LogP contribution in [0.3, 0.4) is 0 Å². The summed E-state index contributed by atoms with van der Waals surface area (Å²) in [5.41, 5.74) is 6.53. The SMILES string of the molecule is Nc1nc2c3c(ccc2c2nc([C@H]4CC[C@H](N5CCCC(F)(F)C5)C4)nn12)OC(F)(F)O3. The van der Waals surface area contributed by atoms with E-state index in [0.29, 0.717) is 36.2 Å². The van der Waals surface area contributed by atoms with Crippen LogP contribution < -0.4 is 15.2 Å². The fraction of sp³-hybridized carbons (Fsp3) is 0.550. The maximum atomic E-state index is 13.8. The summed E-state index contributed by atoms with van der Waals surface area (Å²) in [5.74, 6) is -2.46. The van der Waals surface area contributed by atoms with Gasteiger partial charge < -0.3 is 15.2 Å². The highest BCUT2D eigenvalue weighted by Gasteiger charge is 2.45. The van der Waals surface area contributed by atoms with E-state index in [0.717, 1.165) is 12.8 Å². The van der Waals surface area contributed by atoms with Crippen molar-refractivity contribution in [2.24, 2.45) is 0 Å². The molecular formula is C20H20F4N6O2. The molecule has 2 N–H and O–H groups in total. The first kappa shape index (κ1) is 19.8. The molecule has 4 heterocycles. The lowest BCUT2D eigenvalue weighted by atomic mass is 10.0. The van der Waals surface area contributed by atoms with Gasteiger partial charge >= 0.3 is 6.29 Å². The molecule has 2 aliphatic heterocycles. The van der Waals surface area contributed by atoms with Crippen molar-refractivity contribution in [3.8, 4) is 11.5 Å². The molecule has 32 heavy (non-hydrogen) atoms. The van der Waals surface area contributed by atoms with Crippen LogP contribution in [0.1, 0.15) is 43.8 Å². The summed E-state index contributed by atoms with van der Waals surface area (Å²) in [6, 6.07) is 2.99. The number of fused-ring (bicyclic) bond motifs is 5. The Hall–Kier alpha value is -2.89. The minimum Gasteiger partial charge on any atom is -0.395 e. The van der Waals surface area contributed by atoms with Gasteiger partial charge in [-0.15, -0.1) is 13.9 Å². The Balaban J connectivity index is 1.33. The Labute approximate surface area is 179 Å². The lowest BCUT2D eigenvalue weighted by molar-refractivity contribution is -0.286. The smallest absolute Gasteiger partial charge is 0.395 e. The molecule has 8 nitrogen and oxygen atoms in total. The van der Waals surface area contributed by atoms with Crippen molar-refractivity contribution >= 4 is 22.5 Å². The van der Waals surface area contributed by atoms with Crippen molar-refractivity contribution < 1.29 is 27.0 Å². The zero-order valence-electron chi connectivity index (χ0n) is 16.9. The largest absolute Gasteiger partial charge is 0.586 e. The quantitative estimate of drug-likeness (QED) is 0.595. The van der Waals surface area contributed by atoms with Crippen LogP contribution in [0.5, 0.6) is 11.5 Å². The van der Waals surface area contributed by atoms with Gasteiger partial charge in [0, 0.05) is 23.8 Å². The van der Waals surface area contributed by atoms with Gasteiger partial charge in [-0.05, 0) is 44.4 Å². The fourth-order valence-electron chi connectivity index (χ4n) is 5.12. The maximum Gasteiger partial charge on any atom is 0.586 e. The number of hydrogen-bond donors (Lipinski definition) is 1. The molecular weight excluding hydrogens is 432 g/mol. The molecule has 3 aromatic rings. The first-order valence-corrected chi connectivity index (χ1v) is 10.6. The monoisotopic (exact) mass is 452 g/mol. The van der Waals surface area contributed by atoms with E-state index in [1.165, 1.54) is 10.6 Å². The molecule has 0 radical (unpaired) electrons. The van der Waals surface area contributed by atoms with Gasteiger partial charge in [-0.25, -0.2) is 18.7 Å². The minimum atomic E-state index is -3.78. The predicted molar refractivity (Wildman–Crippen MR) is 105 cm³/mol. The highest BCUT2D eigenvalue weighted by molar-refractivity contribution is 5.97. The third kappa shape index (κ3) is 3.11. The van der Waals surface area contributed by atoms with Gasteiger partial charge in [-0.3, -0.25) is 4.90 Å². The van der Waals surface area contributed by atoms with E-state index in [4.69, 9.17) is 5.73 Å². The van der Waals surface area contributed by atoms with Gasteiger partial charge in [0.1, 0.15) is 5.52 Å². The topological polar surface area (TPSA) is 90.8 Å². The molecule has 0 bridgehead atoms. The molecule has 1 saturated carbocycles. The summed E-state index contributed by atoms with van der Waals surface area (Å²) in [4.78, 5) is 10.7. The predicted octanol–water partition coefficient (Wildman–Crippen LogP) is 3.55. The summed E-state index contributed by atoms with van der Waals surface area (Å²) in [7, 11) is 0. The van der Waals surface area contributed by atoms with Crippen LogP contribution in [0.15, 0.2) is 12.1 Å². The molecule has 0 amide bonds. The maximum absolute atomic E-state index is 13.8. The number of likely N-dealkylation sites (tertiary alicyclic amines) is 1. The number of nitrogens with two attached hydrogens (primary N) is 1. The summed E-state index contributed by atoms with van der Waals surface area (Å²) >= 11 is 0. The highest BCUT2D eigenvalue weighted by atomic mass is 19.3. The highest BCUT2D eigenvalue weighted by Crippen LogP contribution is 2.46. The minimum absolute atomic E-state index is 0.0109. The summed E-state index contributed by atoms with van der Waals surface area (Å²) < 4.78 is 65.3. The molecule has 1 aromatic carbocycles. The van der Waals surface area contributed by atoms with Crippen molar-refractivity contribution in [2.45, 2.75) is 56.3 Å². The van der Waals surface area contributed by atoms with Crippen LogP contribution >= 0.6 is 0 Å². The number of alkyl halides is 4. The molecule has 3 aliphatic rings. The number of halogens is 4. The lowest BCUT2D eigenvalue weighted by Gasteiger charge is -2.36. The summed E-state index contributed by atoms with van der Waals surface area (Å²) in [6.07, 6.45) is -1.10. The summed E-state index contributed by atoms with van der Waals surface area (Å²) in [5, 5.41) is 4.95. The van der Waals surface area contributed by atoms with E-state index in [2.05, 4.69) is 24.5 Å². The van der Waals surface area contributed by atoms with E-state index in [9.17, 15) is 17.6 Å². The number of rotatable bonds is 2. The van der Waals surface area contributed by atoms with Gasteiger partial charge in [-0.1, -0.05) is 0 Å². The first-order chi connectivity index (χ1) is 15.2. The number of benzene rings is 1. The second-order valence-corrected chi connectivity index (χ2v) is 8.73. The van der Waals surface area contributed by atoms with Crippen LogP contribution in [0.2, 0.25) is 0 Å². The Kier molecular flexibility index (Phi) is 4.05. The lowest BCUT2D eigenvalue weighted by Crippen LogP contribution is -2.46. The molecule has 2 aromatic heterocycles. The van der Waals surface area contributed by atoms with Gasteiger partial charge in [0.05, 0.1) is 6.54 Å². The van der Waals surface area contributed by atoms with Crippen molar-refractivity contribution in [2.75, 3.05) is 18.8 Å². The van der Waals surface area contributed by atoms with Crippen LogP contribution in [-0.2, 0) is 0 Å². The molecule has 170 valence electrons. The van der Waals surface area contributed by atoms with Crippen LogP contribution in [-0.4, -0.2) is 55.8 Å². The van der Waals surface area contributed by atoms with Gasteiger partial charge in [0.15, 0.2) is 23.0 Å². The average molecular weight is 452 g/mol. The molecule has 12 heteroatoms. The standard InChI is InChI=1S/C20H20F4N6O2/c21-19(22)6-1-7-29(9-19)11-3-2-10(8-11)16-27-17-12-4-5-13-15(32-20(23,24)31-13)14(12)26-18(25)30(17)28-16/h4-5,10-11H,1-3,6-9H2,(H2,25,26)/t10-,11-/m0/s1. The van der Waals surface area contributed by atoms with Crippen LogP contribution in [0.25, 0.3) is 16.6 Å². The van der Waals surface area contributed by atoms with Crippen LogP contribution in [0.4, 0.5) is 23.5 Å². The van der Waals surface area contributed by atoms with E-state index in [1.807, 2.05) is 4.90 Å². The Morgan fingerprint density at radius 1 is 1.09 bits per heavy atom. The number of nitrogen functional groups attached to an aromatic ring is 1. The molecule has 6 rings (SSSR count). The molecule has 2 fully saturated rings. The van der Waals surface area contributed by atoms with Gasteiger partial charge in [0.25, 0.3) is 5.92 Å². The zero-order valence-corrected chi connectivity index (χ0v) is 16.9. The van der Waals surface area contributed by atoms with Crippen molar-refractivity contribution in [1.29, 1.82) is 0 Å². The second kappa shape index (κ2) is 6.56. The van der Waals surface area contributed by atoms with Crippen molar-refractivity contribution in [3.63, 3.8) is 0 Å². The number of ether oxygens (including phenoxy) is 2. The Morgan fingerprint density at radius 2 is 1.94 bits per heavy atom. The van der Waals surface area contributed by atoms with E-state index < -0.39 is 12.2 Å². The Bertz CT molecular complexity index is 1230. The normalized spacial score (nSPS) is 26.9. The van der Waals surface area contributed by atoms with Crippen molar-refractivity contribution in [3.05, 3.63) is 18.0 Å². The molecule has 0 unspecified atom stereocenters. The third-order valence-electron chi connectivity index (χ3n) is 6.56. The molecule has 0 spiro atoms. The summed E-state index contributed by atoms with van der Waals surface area (Å²) in [6.45, 7) is 0.465. The second-order valence-electron chi connectivity index (χ2n) is 8.73. The number of hydrogen-bond acceptors (Lipinski definition) is 7. The fourth-order valence-corrected chi connectivity index (χ4v) is 5.12. The third-order valence-corrected chi connectivity index (χ3v) is 6.56. The van der Waals surface area contributed by atoms with E-state index >= 15 is 0 Å². The zero-order chi connectivity index (χ0) is 22.3. The number of aromatic nitrogens is 4. The Morgan fingerprint density at radius 3 is 2.75 bits per heavy atom. The molecule has 1 aliphatic carbocycles. The van der Waals surface area contributed by atoms with E-state index in [1.54, 1.807) is 6.07 Å². The first-order valence-electron chi connectivity index (χ1n) is 10.6. The van der Waals surface area contributed by atoms with Gasteiger partial charge in [-0.2, -0.15) is 4.52 Å². The number of piperidine rings is 1. The van der Waals surface area contributed by atoms with Crippen molar-refractivity contribution in [1.82, 2.24) is 24.5 Å².